The van der Waals surface area contributed by atoms with E-state index in [-0.39, 0.29) is 0 Å². The van der Waals surface area contributed by atoms with Crippen LogP contribution in [0.4, 0.5) is 5.69 Å². The Morgan fingerprint density at radius 2 is 1.85 bits per heavy atom. The summed E-state index contributed by atoms with van der Waals surface area (Å²) in [6, 6.07) is 16.1. The number of esters is 1. The van der Waals surface area contributed by atoms with Gasteiger partial charge in [-0.05, 0) is 41.1 Å². The standard InChI is InChI=1S/C20H14N2O3S2/c21-12-14-5-1-2-7-17(14)22-19(23)13-25-20(24)16(18-8-4-10-27-18)11-15-6-3-9-26-15/h1-11H,13H2,(H,22,23). The van der Waals surface area contributed by atoms with Crippen molar-refractivity contribution in [2.45, 2.75) is 0 Å². The van der Waals surface area contributed by atoms with Crippen LogP contribution in [0, 0.1) is 11.3 Å². The Bertz CT molecular complexity index is 1000. The summed E-state index contributed by atoms with van der Waals surface area (Å²) >= 11 is 2.93. The zero-order valence-electron chi connectivity index (χ0n) is 14.0. The molecule has 1 amide bonds. The molecule has 0 spiro atoms. The van der Waals surface area contributed by atoms with E-state index < -0.39 is 18.5 Å². The van der Waals surface area contributed by atoms with Crippen LogP contribution in [0.1, 0.15) is 15.3 Å². The van der Waals surface area contributed by atoms with E-state index in [1.807, 2.05) is 41.1 Å². The zero-order chi connectivity index (χ0) is 19.1. The van der Waals surface area contributed by atoms with Crippen molar-refractivity contribution in [3.05, 3.63) is 74.6 Å². The van der Waals surface area contributed by atoms with E-state index in [9.17, 15) is 9.59 Å². The Morgan fingerprint density at radius 1 is 1.07 bits per heavy atom. The molecule has 134 valence electrons. The number of hydrogen-bond donors (Lipinski definition) is 1. The molecule has 0 radical (unpaired) electrons. The van der Waals surface area contributed by atoms with Crippen LogP contribution in [0.15, 0.2) is 59.3 Å². The van der Waals surface area contributed by atoms with Crippen molar-refractivity contribution in [1.29, 1.82) is 5.26 Å². The van der Waals surface area contributed by atoms with Crippen molar-refractivity contribution in [2.24, 2.45) is 0 Å². The molecule has 0 aliphatic heterocycles. The lowest BCUT2D eigenvalue weighted by Gasteiger charge is -2.09. The van der Waals surface area contributed by atoms with Crippen LogP contribution in [0.25, 0.3) is 11.6 Å². The minimum absolute atomic E-state index is 0.342. The maximum absolute atomic E-state index is 12.5. The van der Waals surface area contributed by atoms with Crippen molar-refractivity contribution in [3.63, 3.8) is 0 Å². The molecule has 0 unspecified atom stereocenters. The lowest BCUT2D eigenvalue weighted by Crippen LogP contribution is -2.21. The molecule has 3 aromatic rings. The summed E-state index contributed by atoms with van der Waals surface area (Å²) in [7, 11) is 0. The molecule has 0 saturated carbocycles. The van der Waals surface area contributed by atoms with E-state index in [0.717, 1.165) is 9.75 Å². The van der Waals surface area contributed by atoms with Crippen molar-refractivity contribution < 1.29 is 14.3 Å². The summed E-state index contributed by atoms with van der Waals surface area (Å²) in [6.45, 7) is -0.439. The molecular weight excluding hydrogens is 380 g/mol. The van der Waals surface area contributed by atoms with Gasteiger partial charge in [0.15, 0.2) is 6.61 Å². The number of carbonyl (C=O) groups excluding carboxylic acids is 2. The smallest absolute Gasteiger partial charge is 0.340 e. The number of rotatable bonds is 6. The Balaban J connectivity index is 1.68. The van der Waals surface area contributed by atoms with Gasteiger partial charge in [0, 0.05) is 9.75 Å². The van der Waals surface area contributed by atoms with Gasteiger partial charge >= 0.3 is 5.97 Å². The lowest BCUT2D eigenvalue weighted by molar-refractivity contribution is -0.141. The molecular formula is C20H14N2O3S2. The third-order valence-corrected chi connectivity index (χ3v) is 5.21. The van der Waals surface area contributed by atoms with Crippen LogP contribution in [-0.4, -0.2) is 18.5 Å². The second-order valence-corrected chi connectivity index (χ2v) is 7.26. The van der Waals surface area contributed by atoms with Crippen LogP contribution in [0.5, 0.6) is 0 Å². The monoisotopic (exact) mass is 394 g/mol. The maximum atomic E-state index is 12.5. The molecule has 0 atom stereocenters. The molecule has 0 fully saturated rings. The summed E-state index contributed by atoms with van der Waals surface area (Å²) in [5.74, 6) is -1.08. The van der Waals surface area contributed by atoms with Gasteiger partial charge in [-0.1, -0.05) is 24.3 Å². The minimum Gasteiger partial charge on any atom is -0.452 e. The van der Waals surface area contributed by atoms with E-state index in [2.05, 4.69) is 5.32 Å². The first-order valence-corrected chi connectivity index (χ1v) is 9.68. The second kappa shape index (κ2) is 8.94. The van der Waals surface area contributed by atoms with Crippen LogP contribution >= 0.6 is 22.7 Å². The van der Waals surface area contributed by atoms with Gasteiger partial charge in [0.1, 0.15) is 6.07 Å². The predicted molar refractivity (Wildman–Crippen MR) is 107 cm³/mol. The molecule has 2 heterocycles. The number of nitriles is 1. The Morgan fingerprint density at radius 3 is 2.56 bits per heavy atom. The van der Waals surface area contributed by atoms with E-state index in [0.29, 0.717) is 16.8 Å². The second-order valence-electron chi connectivity index (χ2n) is 5.33. The van der Waals surface area contributed by atoms with Gasteiger partial charge < -0.3 is 10.1 Å². The van der Waals surface area contributed by atoms with Crippen molar-refractivity contribution in [3.8, 4) is 6.07 Å². The Labute approximate surface area is 164 Å². The number of carbonyl (C=O) groups is 2. The molecule has 27 heavy (non-hydrogen) atoms. The van der Waals surface area contributed by atoms with E-state index >= 15 is 0 Å². The van der Waals surface area contributed by atoms with Gasteiger partial charge in [0.05, 0.1) is 16.8 Å². The molecule has 0 bridgehead atoms. The molecule has 0 aliphatic rings. The molecule has 0 saturated heterocycles. The largest absolute Gasteiger partial charge is 0.452 e. The van der Waals surface area contributed by atoms with Crippen LogP contribution in [-0.2, 0) is 14.3 Å². The van der Waals surface area contributed by atoms with Crippen molar-refractivity contribution in [1.82, 2.24) is 0 Å². The van der Waals surface area contributed by atoms with Gasteiger partial charge in [-0.25, -0.2) is 4.79 Å². The highest BCUT2D eigenvalue weighted by molar-refractivity contribution is 7.12. The van der Waals surface area contributed by atoms with Crippen LogP contribution in [0.3, 0.4) is 0 Å². The quantitative estimate of drug-likeness (QED) is 0.496. The van der Waals surface area contributed by atoms with E-state index in [4.69, 9.17) is 10.00 Å². The molecule has 7 heteroatoms. The highest BCUT2D eigenvalue weighted by atomic mass is 32.1. The molecule has 0 aliphatic carbocycles. The zero-order valence-corrected chi connectivity index (χ0v) is 15.7. The van der Waals surface area contributed by atoms with Gasteiger partial charge in [0.25, 0.3) is 5.91 Å². The first kappa shape index (κ1) is 18.6. The summed E-state index contributed by atoms with van der Waals surface area (Å²) < 4.78 is 5.19. The predicted octanol–water partition coefficient (Wildman–Crippen LogP) is 4.40. The van der Waals surface area contributed by atoms with E-state index in [1.54, 1.807) is 30.3 Å². The topological polar surface area (TPSA) is 79.2 Å². The molecule has 1 aromatic carbocycles. The van der Waals surface area contributed by atoms with Crippen LogP contribution < -0.4 is 5.32 Å². The average Bonchev–Trinajstić information content (AvgIpc) is 3.38. The van der Waals surface area contributed by atoms with Gasteiger partial charge in [-0.2, -0.15) is 5.26 Å². The summed E-state index contributed by atoms with van der Waals surface area (Å²) in [5.41, 5.74) is 1.13. The van der Waals surface area contributed by atoms with Crippen molar-refractivity contribution in [2.75, 3.05) is 11.9 Å². The molecule has 3 rings (SSSR count). The fourth-order valence-electron chi connectivity index (χ4n) is 2.26. The number of para-hydroxylation sites is 1. The SMILES string of the molecule is N#Cc1ccccc1NC(=O)COC(=O)C(=Cc1cccs1)c1cccs1. The third-order valence-electron chi connectivity index (χ3n) is 3.49. The number of thiophene rings is 2. The fourth-order valence-corrected chi connectivity index (χ4v) is 3.65. The number of nitrogens with zero attached hydrogens (tertiary/aromatic N) is 1. The lowest BCUT2D eigenvalue weighted by atomic mass is 10.2. The number of hydrogen-bond acceptors (Lipinski definition) is 6. The normalized spacial score (nSPS) is 10.9. The number of anilines is 1. The average molecular weight is 394 g/mol. The first-order chi connectivity index (χ1) is 13.2. The van der Waals surface area contributed by atoms with E-state index in [1.165, 1.54) is 22.7 Å². The molecule has 2 aromatic heterocycles. The molecule has 1 N–H and O–H groups in total. The van der Waals surface area contributed by atoms with Gasteiger partial charge in [0.2, 0.25) is 0 Å². The highest BCUT2D eigenvalue weighted by Gasteiger charge is 2.17. The van der Waals surface area contributed by atoms with Crippen LogP contribution in [0.2, 0.25) is 0 Å². The maximum Gasteiger partial charge on any atom is 0.340 e. The number of nitrogens with one attached hydrogen (secondary N) is 1. The number of benzene rings is 1. The van der Waals surface area contributed by atoms with Crippen molar-refractivity contribution >= 4 is 51.9 Å². The number of amides is 1. The summed E-state index contributed by atoms with van der Waals surface area (Å²) in [6.07, 6.45) is 1.75. The highest BCUT2D eigenvalue weighted by Crippen LogP contribution is 2.25. The van der Waals surface area contributed by atoms with Gasteiger partial charge in [-0.15, -0.1) is 22.7 Å². The molecule has 5 nitrogen and oxygen atoms in total. The van der Waals surface area contributed by atoms with Gasteiger partial charge in [-0.3, -0.25) is 4.79 Å². The third kappa shape index (κ3) is 4.91. The Hall–Kier alpha value is -3.21. The fraction of sp³-hybridized carbons (Fsp3) is 0.0500. The summed E-state index contributed by atoms with van der Waals surface area (Å²) in [4.78, 5) is 26.3. The summed E-state index contributed by atoms with van der Waals surface area (Å²) in [5, 5.41) is 15.4. The number of ether oxygens (including phenoxy) is 1. The first-order valence-electron chi connectivity index (χ1n) is 7.92. The minimum atomic E-state index is -0.574. The Kier molecular flexibility index (Phi) is 6.15.